The molecule has 1 rings (SSSR count). The Hall–Kier alpha value is -0.690. The van der Waals surface area contributed by atoms with Crippen LogP contribution in [0.25, 0.3) is 0 Å². The van der Waals surface area contributed by atoms with Crippen molar-refractivity contribution in [2.24, 2.45) is 4.99 Å². The summed E-state index contributed by atoms with van der Waals surface area (Å²) in [4.78, 5) is 3.90. The van der Waals surface area contributed by atoms with E-state index in [4.69, 9.17) is 11.6 Å². The van der Waals surface area contributed by atoms with Gasteiger partial charge in [0, 0.05) is 5.02 Å². The van der Waals surface area contributed by atoms with E-state index in [1.54, 1.807) is 0 Å². The summed E-state index contributed by atoms with van der Waals surface area (Å²) >= 11 is 10.5. The van der Waals surface area contributed by atoms with E-state index in [-0.39, 0.29) is 0 Å². The first-order valence-corrected chi connectivity index (χ1v) is 4.81. The van der Waals surface area contributed by atoms with Crippen LogP contribution in [-0.2, 0) is 0 Å². The standard InChI is InChI=1S/C10H10ClNS/c1-7(2)9-5-8(12-6-13)3-4-10(9)11/h3-5,7H,1-2H3. The molecule has 68 valence electrons. The van der Waals surface area contributed by atoms with E-state index in [9.17, 15) is 0 Å². The lowest BCUT2D eigenvalue weighted by atomic mass is 10.0. The normalized spacial score (nSPS) is 9.85. The first kappa shape index (κ1) is 10.4. The fourth-order valence-electron chi connectivity index (χ4n) is 1.10. The van der Waals surface area contributed by atoms with E-state index < -0.39 is 0 Å². The molecule has 0 N–H and O–H groups in total. The number of hydrogen-bond acceptors (Lipinski definition) is 2. The molecule has 0 saturated carbocycles. The van der Waals surface area contributed by atoms with Crippen LogP contribution in [0, 0.1) is 0 Å². The first-order valence-electron chi connectivity index (χ1n) is 4.02. The van der Waals surface area contributed by atoms with Gasteiger partial charge in [0.05, 0.1) is 10.8 Å². The molecule has 3 heteroatoms. The zero-order valence-electron chi connectivity index (χ0n) is 7.54. The molecule has 0 aliphatic carbocycles. The molecule has 1 nitrogen and oxygen atoms in total. The molecule has 0 bridgehead atoms. The lowest BCUT2D eigenvalue weighted by molar-refractivity contribution is 0.867. The van der Waals surface area contributed by atoms with Gasteiger partial charge in [0.25, 0.3) is 0 Å². The second-order valence-electron chi connectivity index (χ2n) is 3.06. The van der Waals surface area contributed by atoms with Gasteiger partial charge in [-0.1, -0.05) is 25.4 Å². The van der Waals surface area contributed by atoms with Crippen LogP contribution in [0.2, 0.25) is 5.02 Å². The van der Waals surface area contributed by atoms with Crippen molar-refractivity contribution in [1.29, 1.82) is 0 Å². The number of rotatable bonds is 2. The van der Waals surface area contributed by atoms with E-state index in [2.05, 4.69) is 36.2 Å². The summed E-state index contributed by atoms with van der Waals surface area (Å²) in [6.45, 7) is 4.18. The van der Waals surface area contributed by atoms with Crippen LogP contribution in [0.4, 0.5) is 5.69 Å². The zero-order chi connectivity index (χ0) is 9.84. The molecular weight excluding hydrogens is 202 g/mol. The molecule has 0 aliphatic rings. The third-order valence-electron chi connectivity index (χ3n) is 1.78. The summed E-state index contributed by atoms with van der Waals surface area (Å²) in [5.41, 5.74) is 1.90. The number of halogens is 1. The van der Waals surface area contributed by atoms with E-state index >= 15 is 0 Å². The molecule has 1 aromatic carbocycles. The Balaban J connectivity index is 3.18. The number of benzene rings is 1. The van der Waals surface area contributed by atoms with Crippen molar-refractivity contribution < 1.29 is 0 Å². The number of thiocarbonyl (C=S) groups is 1. The lowest BCUT2D eigenvalue weighted by Crippen LogP contribution is -1.87. The molecule has 0 unspecified atom stereocenters. The molecule has 0 atom stereocenters. The monoisotopic (exact) mass is 211 g/mol. The maximum atomic E-state index is 6.00. The largest absolute Gasteiger partial charge is 0.195 e. The summed E-state index contributed by atoms with van der Waals surface area (Å²) < 4.78 is 0. The molecule has 0 saturated heterocycles. The van der Waals surface area contributed by atoms with Crippen LogP contribution in [0.5, 0.6) is 0 Å². The maximum Gasteiger partial charge on any atom is 0.0743 e. The number of isothiocyanates is 1. The Morgan fingerprint density at radius 1 is 1.46 bits per heavy atom. The highest BCUT2D eigenvalue weighted by molar-refractivity contribution is 7.78. The SMILES string of the molecule is CC(C)c1cc(N=C=S)ccc1Cl. The van der Waals surface area contributed by atoms with Crippen molar-refractivity contribution in [3.05, 3.63) is 28.8 Å². The quantitative estimate of drug-likeness (QED) is 0.528. The highest BCUT2D eigenvalue weighted by Gasteiger charge is 2.05. The second-order valence-corrected chi connectivity index (χ2v) is 3.65. The van der Waals surface area contributed by atoms with Gasteiger partial charge in [-0.3, -0.25) is 0 Å². The van der Waals surface area contributed by atoms with Crippen LogP contribution in [-0.4, -0.2) is 5.16 Å². The van der Waals surface area contributed by atoms with Crippen molar-refractivity contribution in [1.82, 2.24) is 0 Å². The number of nitrogens with zero attached hydrogens (tertiary/aromatic N) is 1. The lowest BCUT2D eigenvalue weighted by Gasteiger charge is -2.07. The van der Waals surface area contributed by atoms with E-state index in [1.165, 1.54) is 0 Å². The van der Waals surface area contributed by atoms with Crippen LogP contribution in [0.1, 0.15) is 25.3 Å². The van der Waals surface area contributed by atoms with Crippen LogP contribution >= 0.6 is 23.8 Å². The van der Waals surface area contributed by atoms with Gasteiger partial charge in [-0.05, 0) is 41.9 Å². The molecule has 0 amide bonds. The van der Waals surface area contributed by atoms with Crippen molar-refractivity contribution in [2.45, 2.75) is 19.8 Å². The predicted molar refractivity (Wildman–Crippen MR) is 60.2 cm³/mol. The van der Waals surface area contributed by atoms with Gasteiger partial charge in [-0.2, -0.15) is 4.99 Å². The fourth-order valence-corrected chi connectivity index (χ4v) is 1.54. The molecule has 0 aliphatic heterocycles. The molecule has 0 radical (unpaired) electrons. The smallest absolute Gasteiger partial charge is 0.0743 e. The Morgan fingerprint density at radius 2 is 2.15 bits per heavy atom. The highest BCUT2D eigenvalue weighted by Crippen LogP contribution is 2.28. The maximum absolute atomic E-state index is 6.00. The summed E-state index contributed by atoms with van der Waals surface area (Å²) in [5.74, 6) is 0.396. The fraction of sp³-hybridized carbons (Fsp3) is 0.300. The minimum Gasteiger partial charge on any atom is -0.195 e. The van der Waals surface area contributed by atoms with E-state index in [0.717, 1.165) is 16.3 Å². The van der Waals surface area contributed by atoms with Gasteiger partial charge >= 0.3 is 0 Å². The predicted octanol–water partition coefficient (Wildman–Crippen LogP) is 4.20. The number of hydrogen-bond donors (Lipinski definition) is 0. The van der Waals surface area contributed by atoms with Gasteiger partial charge in [-0.15, -0.1) is 0 Å². The molecule has 0 aromatic heterocycles. The Bertz CT molecular complexity index is 354. The highest BCUT2D eigenvalue weighted by atomic mass is 35.5. The Morgan fingerprint density at radius 3 is 2.69 bits per heavy atom. The van der Waals surface area contributed by atoms with Gasteiger partial charge in [0.1, 0.15) is 0 Å². The van der Waals surface area contributed by atoms with Gasteiger partial charge < -0.3 is 0 Å². The summed E-state index contributed by atoms with van der Waals surface area (Å²) in [5, 5.41) is 3.11. The van der Waals surface area contributed by atoms with Crippen molar-refractivity contribution in [3.63, 3.8) is 0 Å². The second kappa shape index (κ2) is 4.52. The van der Waals surface area contributed by atoms with Gasteiger partial charge in [0.15, 0.2) is 0 Å². The molecule has 0 spiro atoms. The minimum absolute atomic E-state index is 0.396. The average molecular weight is 212 g/mol. The average Bonchev–Trinajstić information content (AvgIpc) is 2.08. The Kier molecular flexibility index (Phi) is 3.61. The molecule has 0 fully saturated rings. The zero-order valence-corrected chi connectivity index (χ0v) is 9.12. The van der Waals surface area contributed by atoms with E-state index in [1.807, 2.05) is 18.2 Å². The topological polar surface area (TPSA) is 12.4 Å². The van der Waals surface area contributed by atoms with Crippen molar-refractivity contribution in [2.75, 3.05) is 0 Å². The summed E-state index contributed by atoms with van der Waals surface area (Å²) in [6, 6.07) is 5.60. The third-order valence-corrected chi connectivity index (χ3v) is 2.21. The molecule has 1 aromatic rings. The van der Waals surface area contributed by atoms with Crippen LogP contribution < -0.4 is 0 Å². The van der Waals surface area contributed by atoms with Crippen LogP contribution in [0.15, 0.2) is 23.2 Å². The van der Waals surface area contributed by atoms with Crippen LogP contribution in [0.3, 0.4) is 0 Å². The van der Waals surface area contributed by atoms with Crippen molar-refractivity contribution in [3.8, 4) is 0 Å². The Labute approximate surface area is 88.4 Å². The summed E-state index contributed by atoms with van der Waals surface area (Å²) in [7, 11) is 0. The molecule has 0 heterocycles. The number of aliphatic imine (C=N–C) groups is 1. The van der Waals surface area contributed by atoms with Gasteiger partial charge in [0.2, 0.25) is 0 Å². The van der Waals surface area contributed by atoms with Crippen molar-refractivity contribution >= 4 is 34.7 Å². The third kappa shape index (κ3) is 2.63. The molecular formula is C10H10ClNS. The van der Waals surface area contributed by atoms with Gasteiger partial charge in [-0.25, -0.2) is 0 Å². The summed E-state index contributed by atoms with van der Waals surface area (Å²) in [6.07, 6.45) is 0. The molecule has 13 heavy (non-hydrogen) atoms. The first-order chi connectivity index (χ1) is 6.15. The van der Waals surface area contributed by atoms with E-state index in [0.29, 0.717) is 5.92 Å². The minimum atomic E-state index is 0.396.